The molecule has 62 valence electrons. The Hall–Kier alpha value is -1.16. The van der Waals surface area contributed by atoms with Crippen LogP contribution in [0.5, 0.6) is 0 Å². The molecule has 0 saturated carbocycles. The fourth-order valence-corrected chi connectivity index (χ4v) is 1.50. The summed E-state index contributed by atoms with van der Waals surface area (Å²) in [5, 5.41) is 1.44. The van der Waals surface area contributed by atoms with E-state index in [1.54, 1.807) is 24.7 Å². The normalized spacial score (nSPS) is 13.4. The summed E-state index contributed by atoms with van der Waals surface area (Å²) in [5.74, 6) is 0. The van der Waals surface area contributed by atoms with Crippen molar-refractivity contribution in [3.63, 3.8) is 0 Å². The molecule has 1 atom stereocenters. The van der Waals surface area contributed by atoms with Crippen molar-refractivity contribution in [3.8, 4) is 0 Å². The number of pyridine rings is 1. The Morgan fingerprint density at radius 3 is 3.08 bits per heavy atom. The number of nitrogens with zero attached hydrogens (tertiary/aromatic N) is 1. The van der Waals surface area contributed by atoms with Gasteiger partial charge in [0.2, 0.25) is 0 Å². The van der Waals surface area contributed by atoms with Crippen molar-refractivity contribution in [2.24, 2.45) is 0 Å². The highest BCUT2D eigenvalue weighted by molar-refractivity contribution is 7.84. The monoisotopic (exact) mass is 181 g/mol. The maximum absolute atomic E-state index is 11.0. The van der Waals surface area contributed by atoms with Gasteiger partial charge in [0.05, 0.1) is 17.0 Å². The van der Waals surface area contributed by atoms with Crippen LogP contribution in [0.4, 0.5) is 0 Å². The molecule has 0 aromatic carbocycles. The molecule has 2 rings (SSSR count). The second kappa shape index (κ2) is 2.71. The summed E-state index contributed by atoms with van der Waals surface area (Å²) in [6.45, 7) is 0. The second-order valence-corrected chi connectivity index (χ2v) is 3.74. The van der Waals surface area contributed by atoms with E-state index in [0.717, 1.165) is 5.39 Å². The molecule has 0 saturated heterocycles. The van der Waals surface area contributed by atoms with Crippen LogP contribution >= 0.6 is 0 Å². The van der Waals surface area contributed by atoms with Gasteiger partial charge in [-0.2, -0.15) is 0 Å². The molecule has 0 bridgehead atoms. The minimum absolute atomic E-state index is 0.498. The van der Waals surface area contributed by atoms with Crippen molar-refractivity contribution in [2.45, 2.75) is 5.09 Å². The Morgan fingerprint density at radius 1 is 1.58 bits per heavy atom. The van der Waals surface area contributed by atoms with Crippen LogP contribution in [0.25, 0.3) is 11.0 Å². The van der Waals surface area contributed by atoms with E-state index in [0.29, 0.717) is 10.7 Å². The molecule has 4 heteroatoms. The van der Waals surface area contributed by atoms with Crippen molar-refractivity contribution in [1.29, 1.82) is 0 Å². The zero-order valence-electron chi connectivity index (χ0n) is 6.48. The van der Waals surface area contributed by atoms with E-state index in [4.69, 9.17) is 4.42 Å². The first-order valence-corrected chi connectivity index (χ1v) is 5.00. The first kappa shape index (κ1) is 7.49. The first-order valence-electron chi connectivity index (χ1n) is 3.44. The van der Waals surface area contributed by atoms with Gasteiger partial charge in [-0.1, -0.05) is 0 Å². The van der Waals surface area contributed by atoms with Crippen molar-refractivity contribution in [2.75, 3.05) is 6.26 Å². The van der Waals surface area contributed by atoms with Crippen LogP contribution in [0.3, 0.4) is 0 Å². The molecule has 2 aromatic heterocycles. The lowest BCUT2D eigenvalue weighted by atomic mass is 10.3. The second-order valence-electron chi connectivity index (χ2n) is 2.43. The minimum atomic E-state index is -1.06. The molecule has 3 nitrogen and oxygen atoms in total. The summed E-state index contributed by atoms with van der Waals surface area (Å²) in [6.07, 6.45) is 4.89. The predicted molar refractivity (Wildman–Crippen MR) is 46.3 cm³/mol. The highest BCUT2D eigenvalue weighted by Gasteiger charge is 2.05. The highest BCUT2D eigenvalue weighted by Crippen LogP contribution is 2.19. The highest BCUT2D eigenvalue weighted by atomic mass is 32.2. The third-order valence-corrected chi connectivity index (χ3v) is 2.35. The van der Waals surface area contributed by atoms with Gasteiger partial charge in [-0.25, -0.2) is 0 Å². The van der Waals surface area contributed by atoms with Gasteiger partial charge in [0.25, 0.3) is 0 Å². The van der Waals surface area contributed by atoms with E-state index in [9.17, 15) is 4.21 Å². The molecular formula is C8H7NO2S. The standard InChI is InChI=1S/C8H7NO2S/c1-12(10)8-4-6-2-3-9-5-7(6)11-8/h2-5H,1H3. The average Bonchev–Trinajstić information content (AvgIpc) is 2.46. The van der Waals surface area contributed by atoms with Gasteiger partial charge in [0, 0.05) is 23.9 Å². The van der Waals surface area contributed by atoms with Gasteiger partial charge in [0.1, 0.15) is 0 Å². The van der Waals surface area contributed by atoms with Crippen LogP contribution in [0.2, 0.25) is 0 Å². The smallest absolute Gasteiger partial charge is 0.191 e. The minimum Gasteiger partial charge on any atom is -0.446 e. The van der Waals surface area contributed by atoms with Crippen molar-refractivity contribution in [3.05, 3.63) is 24.5 Å². The lowest BCUT2D eigenvalue weighted by Crippen LogP contribution is -1.80. The van der Waals surface area contributed by atoms with E-state index in [2.05, 4.69) is 4.98 Å². The van der Waals surface area contributed by atoms with Crippen LogP contribution < -0.4 is 0 Å². The van der Waals surface area contributed by atoms with Crippen molar-refractivity contribution >= 4 is 21.8 Å². The lowest BCUT2D eigenvalue weighted by molar-refractivity contribution is 0.503. The van der Waals surface area contributed by atoms with Crippen LogP contribution in [0, 0.1) is 0 Å². The van der Waals surface area contributed by atoms with Crippen LogP contribution in [-0.4, -0.2) is 15.4 Å². The van der Waals surface area contributed by atoms with Gasteiger partial charge in [-0.3, -0.25) is 9.19 Å². The summed E-state index contributed by atoms with van der Waals surface area (Å²) in [6, 6.07) is 3.60. The van der Waals surface area contributed by atoms with Gasteiger partial charge in [-0.05, 0) is 6.07 Å². The number of hydrogen-bond donors (Lipinski definition) is 0. The van der Waals surface area contributed by atoms with Crippen molar-refractivity contribution < 1.29 is 8.63 Å². The van der Waals surface area contributed by atoms with Crippen LogP contribution in [0.15, 0.2) is 34.0 Å². The molecule has 0 spiro atoms. The average molecular weight is 181 g/mol. The molecule has 0 radical (unpaired) electrons. The van der Waals surface area contributed by atoms with E-state index < -0.39 is 10.8 Å². The maximum Gasteiger partial charge on any atom is 0.191 e. The van der Waals surface area contributed by atoms with Crippen molar-refractivity contribution in [1.82, 2.24) is 4.98 Å². The molecule has 2 aromatic rings. The molecule has 0 amide bonds. The van der Waals surface area contributed by atoms with Gasteiger partial charge in [0.15, 0.2) is 10.7 Å². The summed E-state index contributed by atoms with van der Waals surface area (Å²) >= 11 is 0. The third kappa shape index (κ3) is 1.14. The number of hydrogen-bond acceptors (Lipinski definition) is 3. The third-order valence-electron chi connectivity index (χ3n) is 1.58. The molecule has 1 unspecified atom stereocenters. The first-order chi connectivity index (χ1) is 5.77. The summed E-state index contributed by atoms with van der Waals surface area (Å²) in [5.41, 5.74) is 0.683. The topological polar surface area (TPSA) is 43.1 Å². The number of furan rings is 1. The molecule has 0 aliphatic rings. The molecule has 12 heavy (non-hydrogen) atoms. The molecule has 0 aliphatic carbocycles. The lowest BCUT2D eigenvalue weighted by Gasteiger charge is -1.84. The summed E-state index contributed by atoms with van der Waals surface area (Å²) < 4.78 is 16.3. The summed E-state index contributed by atoms with van der Waals surface area (Å²) in [4.78, 5) is 3.89. The van der Waals surface area contributed by atoms with E-state index in [1.807, 2.05) is 6.07 Å². The Bertz CT molecular complexity index is 402. The largest absolute Gasteiger partial charge is 0.446 e. The molecule has 2 heterocycles. The number of fused-ring (bicyclic) bond motifs is 1. The Labute approximate surface area is 71.9 Å². The Balaban J connectivity index is 2.70. The van der Waals surface area contributed by atoms with Crippen LogP contribution in [0.1, 0.15) is 0 Å². The van der Waals surface area contributed by atoms with E-state index in [-0.39, 0.29) is 0 Å². The number of aromatic nitrogens is 1. The maximum atomic E-state index is 11.0. The molecule has 0 N–H and O–H groups in total. The fourth-order valence-electron chi connectivity index (χ4n) is 1.00. The molecule has 0 fully saturated rings. The van der Waals surface area contributed by atoms with Crippen LogP contribution in [-0.2, 0) is 10.8 Å². The quantitative estimate of drug-likeness (QED) is 0.670. The Kier molecular flexibility index (Phi) is 1.69. The fraction of sp³-hybridized carbons (Fsp3) is 0.125. The molecule has 0 aliphatic heterocycles. The van der Waals surface area contributed by atoms with E-state index >= 15 is 0 Å². The van der Waals surface area contributed by atoms with Gasteiger partial charge in [-0.15, -0.1) is 0 Å². The number of rotatable bonds is 1. The zero-order valence-corrected chi connectivity index (χ0v) is 7.30. The zero-order chi connectivity index (χ0) is 8.55. The SMILES string of the molecule is CS(=O)c1cc2ccncc2o1. The van der Waals surface area contributed by atoms with Gasteiger partial charge < -0.3 is 4.42 Å². The predicted octanol–water partition coefficient (Wildman–Crippen LogP) is 1.57. The van der Waals surface area contributed by atoms with E-state index in [1.165, 1.54) is 0 Å². The molecular weight excluding hydrogens is 174 g/mol. The van der Waals surface area contributed by atoms with Gasteiger partial charge >= 0.3 is 0 Å². The Morgan fingerprint density at radius 2 is 2.42 bits per heavy atom. The summed E-state index contributed by atoms with van der Waals surface area (Å²) in [7, 11) is -1.06.